The van der Waals surface area contributed by atoms with Gasteiger partial charge in [-0.1, -0.05) is 32.0 Å². The average Bonchev–Trinajstić information content (AvgIpc) is 3.08. The van der Waals surface area contributed by atoms with Gasteiger partial charge in [0.25, 0.3) is 5.91 Å². The van der Waals surface area contributed by atoms with Crippen LogP contribution in [0.25, 0.3) is 5.69 Å². The highest BCUT2D eigenvalue weighted by Gasteiger charge is 2.18. The van der Waals surface area contributed by atoms with Gasteiger partial charge in [-0.25, -0.2) is 9.67 Å². The number of carbonyl (C=O) groups is 1. The minimum absolute atomic E-state index is 0.226. The Morgan fingerprint density at radius 2 is 1.88 bits per heavy atom. The summed E-state index contributed by atoms with van der Waals surface area (Å²) in [6.07, 6.45) is 1.61. The van der Waals surface area contributed by atoms with Gasteiger partial charge in [0.05, 0.1) is 5.69 Å². The van der Waals surface area contributed by atoms with Crippen molar-refractivity contribution < 1.29 is 4.79 Å². The zero-order valence-electron chi connectivity index (χ0n) is 15.3. The highest BCUT2D eigenvalue weighted by Crippen LogP contribution is 2.21. The Morgan fingerprint density at radius 1 is 1.15 bits per heavy atom. The summed E-state index contributed by atoms with van der Waals surface area (Å²) in [4.78, 5) is 22.9. The largest absolute Gasteiger partial charge is 0.347 e. The van der Waals surface area contributed by atoms with Gasteiger partial charge in [0.2, 0.25) is 5.95 Å². The van der Waals surface area contributed by atoms with Gasteiger partial charge in [-0.2, -0.15) is 10.1 Å². The van der Waals surface area contributed by atoms with Crippen molar-refractivity contribution >= 4 is 17.7 Å². The quantitative estimate of drug-likeness (QED) is 0.765. The normalized spacial score (nSPS) is 10.8. The van der Waals surface area contributed by atoms with E-state index in [-0.39, 0.29) is 11.8 Å². The Bertz CT molecular complexity index is 901. The zero-order chi connectivity index (χ0) is 18.7. The summed E-state index contributed by atoms with van der Waals surface area (Å²) in [7, 11) is 3.69. The molecule has 0 radical (unpaired) electrons. The van der Waals surface area contributed by atoms with E-state index in [0.29, 0.717) is 17.5 Å². The molecule has 0 saturated carbocycles. The van der Waals surface area contributed by atoms with Gasteiger partial charge in [0.1, 0.15) is 5.82 Å². The van der Waals surface area contributed by atoms with Crippen LogP contribution in [0.15, 0.2) is 48.7 Å². The second-order valence-corrected chi connectivity index (χ2v) is 6.45. The first-order valence-corrected chi connectivity index (χ1v) is 8.43. The summed E-state index contributed by atoms with van der Waals surface area (Å²) < 4.78 is 1.81. The molecule has 0 aliphatic heterocycles. The molecule has 3 rings (SSSR count). The number of rotatable bonds is 5. The summed E-state index contributed by atoms with van der Waals surface area (Å²) in [5.41, 5.74) is 2.24. The summed E-state index contributed by atoms with van der Waals surface area (Å²) >= 11 is 0. The van der Waals surface area contributed by atoms with Crippen LogP contribution >= 0.6 is 0 Å². The molecule has 26 heavy (non-hydrogen) atoms. The number of para-hydroxylation sites is 1. The van der Waals surface area contributed by atoms with Gasteiger partial charge in [0, 0.05) is 26.0 Å². The molecule has 3 aromatic rings. The zero-order valence-corrected chi connectivity index (χ0v) is 15.3. The third-order valence-corrected chi connectivity index (χ3v) is 3.85. The van der Waals surface area contributed by atoms with Crippen molar-refractivity contribution in [2.45, 2.75) is 19.8 Å². The molecular formula is C19H22N6O. The summed E-state index contributed by atoms with van der Waals surface area (Å²) in [6, 6.07) is 13.3. The molecule has 0 bridgehead atoms. The van der Waals surface area contributed by atoms with Gasteiger partial charge in [0.15, 0.2) is 5.69 Å². The van der Waals surface area contributed by atoms with Gasteiger partial charge in [-0.05, 0) is 30.2 Å². The van der Waals surface area contributed by atoms with Crippen LogP contribution in [-0.4, -0.2) is 39.8 Å². The minimum Gasteiger partial charge on any atom is -0.347 e. The number of nitrogens with one attached hydrogen (secondary N) is 1. The predicted molar refractivity (Wildman–Crippen MR) is 102 cm³/mol. The second-order valence-electron chi connectivity index (χ2n) is 6.45. The van der Waals surface area contributed by atoms with E-state index >= 15 is 0 Å². The van der Waals surface area contributed by atoms with Crippen molar-refractivity contribution in [2.24, 2.45) is 0 Å². The van der Waals surface area contributed by atoms with E-state index < -0.39 is 0 Å². The van der Waals surface area contributed by atoms with Crippen LogP contribution < -0.4 is 10.2 Å². The smallest absolute Gasteiger partial charge is 0.277 e. The van der Waals surface area contributed by atoms with E-state index in [0.717, 1.165) is 11.4 Å². The lowest BCUT2D eigenvalue weighted by molar-refractivity contribution is 0.102. The van der Waals surface area contributed by atoms with Crippen molar-refractivity contribution in [3.05, 3.63) is 60.0 Å². The molecule has 0 atom stereocenters. The van der Waals surface area contributed by atoms with Crippen molar-refractivity contribution in [2.75, 3.05) is 24.3 Å². The van der Waals surface area contributed by atoms with Crippen LogP contribution in [0.4, 0.5) is 11.8 Å². The molecule has 1 amide bonds. The maximum Gasteiger partial charge on any atom is 0.277 e. The first kappa shape index (κ1) is 17.6. The number of hydrogen-bond donors (Lipinski definition) is 1. The van der Waals surface area contributed by atoms with E-state index in [9.17, 15) is 4.79 Å². The Hall–Kier alpha value is -3.22. The van der Waals surface area contributed by atoms with E-state index in [1.54, 1.807) is 17.2 Å². The van der Waals surface area contributed by atoms with Crippen LogP contribution in [0.5, 0.6) is 0 Å². The Balaban J connectivity index is 1.90. The molecule has 0 unspecified atom stereocenters. The lowest BCUT2D eigenvalue weighted by atomic mass is 10.1. The number of anilines is 2. The number of carbonyl (C=O) groups excluding carboxylic acids is 1. The number of aromatic nitrogens is 4. The summed E-state index contributed by atoms with van der Waals surface area (Å²) in [5.74, 6) is 0.892. The molecule has 0 spiro atoms. The third-order valence-electron chi connectivity index (χ3n) is 3.85. The maximum atomic E-state index is 12.7. The molecule has 0 aliphatic carbocycles. The highest BCUT2D eigenvalue weighted by molar-refractivity contribution is 6.02. The second kappa shape index (κ2) is 7.35. The molecule has 1 N–H and O–H groups in total. The highest BCUT2D eigenvalue weighted by atomic mass is 16.2. The van der Waals surface area contributed by atoms with E-state index in [1.807, 2.05) is 55.2 Å². The first-order chi connectivity index (χ1) is 12.5. The number of amides is 1. The van der Waals surface area contributed by atoms with Crippen molar-refractivity contribution in [1.82, 2.24) is 19.7 Å². The van der Waals surface area contributed by atoms with Crippen molar-refractivity contribution in [1.29, 1.82) is 0 Å². The molecule has 0 fully saturated rings. The molecule has 134 valence electrons. The lowest BCUT2D eigenvalue weighted by Crippen LogP contribution is -2.17. The molecule has 2 aromatic heterocycles. The van der Waals surface area contributed by atoms with E-state index in [2.05, 4.69) is 34.2 Å². The van der Waals surface area contributed by atoms with E-state index in [1.165, 1.54) is 0 Å². The standard InChI is InChI=1S/C19H22N6O/c1-13(2)16-12-15(23-25(16)14-8-6-5-7-9-14)18(26)21-17-10-11-20-19(22-17)24(3)4/h5-13H,1-4H3,(H,20,21,22,26). The van der Waals surface area contributed by atoms with Gasteiger partial charge >= 0.3 is 0 Å². The Labute approximate surface area is 152 Å². The first-order valence-electron chi connectivity index (χ1n) is 8.43. The number of hydrogen-bond acceptors (Lipinski definition) is 5. The van der Waals surface area contributed by atoms with Crippen LogP contribution in [0.2, 0.25) is 0 Å². The predicted octanol–water partition coefficient (Wildman–Crippen LogP) is 3.10. The minimum atomic E-state index is -0.301. The number of benzene rings is 1. The maximum absolute atomic E-state index is 12.7. The van der Waals surface area contributed by atoms with Crippen LogP contribution in [0.1, 0.15) is 35.9 Å². The van der Waals surface area contributed by atoms with Crippen LogP contribution in [-0.2, 0) is 0 Å². The summed E-state index contributed by atoms with van der Waals surface area (Å²) in [6.45, 7) is 4.15. The van der Waals surface area contributed by atoms with Gasteiger partial charge in [-0.3, -0.25) is 4.79 Å². The molecule has 0 aliphatic rings. The molecule has 7 heteroatoms. The molecule has 1 aromatic carbocycles. The summed E-state index contributed by atoms with van der Waals surface area (Å²) in [5, 5.41) is 7.30. The third kappa shape index (κ3) is 3.72. The van der Waals surface area contributed by atoms with Gasteiger partial charge < -0.3 is 10.2 Å². The SMILES string of the molecule is CC(C)c1cc(C(=O)Nc2ccnc(N(C)C)n2)nn1-c1ccccc1. The Morgan fingerprint density at radius 3 is 2.54 bits per heavy atom. The molecule has 2 heterocycles. The fourth-order valence-corrected chi connectivity index (χ4v) is 2.51. The molecule has 7 nitrogen and oxygen atoms in total. The fourth-order valence-electron chi connectivity index (χ4n) is 2.51. The molecular weight excluding hydrogens is 328 g/mol. The van der Waals surface area contributed by atoms with Crippen LogP contribution in [0, 0.1) is 0 Å². The number of nitrogens with zero attached hydrogens (tertiary/aromatic N) is 5. The fraction of sp³-hybridized carbons (Fsp3) is 0.263. The molecule has 0 saturated heterocycles. The average molecular weight is 350 g/mol. The van der Waals surface area contributed by atoms with Crippen molar-refractivity contribution in [3.63, 3.8) is 0 Å². The topological polar surface area (TPSA) is 75.9 Å². The van der Waals surface area contributed by atoms with Crippen molar-refractivity contribution in [3.8, 4) is 5.69 Å². The van der Waals surface area contributed by atoms with E-state index in [4.69, 9.17) is 0 Å². The van der Waals surface area contributed by atoms with Crippen LogP contribution in [0.3, 0.4) is 0 Å². The Kier molecular flexibility index (Phi) is 4.97. The lowest BCUT2D eigenvalue weighted by Gasteiger charge is -2.10. The monoisotopic (exact) mass is 350 g/mol. The van der Waals surface area contributed by atoms with Gasteiger partial charge in [-0.15, -0.1) is 0 Å².